The van der Waals surface area contributed by atoms with Crippen LogP contribution in [0, 0.1) is 5.82 Å². The Morgan fingerprint density at radius 2 is 1.72 bits per heavy atom. The molecular weight excluding hydrogens is 371 g/mol. The molecule has 1 aliphatic heterocycles. The molecule has 0 aromatic heterocycles. The van der Waals surface area contributed by atoms with Gasteiger partial charge in [0.1, 0.15) is 12.4 Å². The van der Waals surface area contributed by atoms with Gasteiger partial charge in [-0.05, 0) is 43.2 Å². The summed E-state index contributed by atoms with van der Waals surface area (Å²) in [6, 6.07) is 14.4. The van der Waals surface area contributed by atoms with Crippen LogP contribution >= 0.6 is 0 Å². The number of hydrogen-bond acceptors (Lipinski definition) is 4. The molecule has 1 aliphatic rings. The van der Waals surface area contributed by atoms with E-state index >= 15 is 0 Å². The third kappa shape index (κ3) is 6.46. The lowest BCUT2D eigenvalue weighted by molar-refractivity contribution is -0.132. The van der Waals surface area contributed by atoms with Crippen LogP contribution in [0.5, 0.6) is 11.5 Å². The SMILES string of the molecule is CCOc1ccc(CCC(=O)N2CCN(CCOc3ccccc3F)CC2)cc1. The summed E-state index contributed by atoms with van der Waals surface area (Å²) < 4.78 is 24.5. The van der Waals surface area contributed by atoms with Gasteiger partial charge in [-0.15, -0.1) is 0 Å². The highest BCUT2D eigenvalue weighted by molar-refractivity contribution is 5.76. The van der Waals surface area contributed by atoms with Gasteiger partial charge in [-0.25, -0.2) is 4.39 Å². The Balaban J connectivity index is 1.34. The molecule has 2 aromatic rings. The maximum atomic E-state index is 13.6. The lowest BCUT2D eigenvalue weighted by Gasteiger charge is -2.34. The summed E-state index contributed by atoms with van der Waals surface area (Å²) in [6.45, 7) is 6.85. The molecule has 6 heteroatoms. The predicted molar refractivity (Wildman–Crippen MR) is 111 cm³/mol. The third-order valence-electron chi connectivity index (χ3n) is 5.09. The first-order chi connectivity index (χ1) is 14.2. The van der Waals surface area contributed by atoms with E-state index in [4.69, 9.17) is 9.47 Å². The van der Waals surface area contributed by atoms with Crippen LogP contribution < -0.4 is 9.47 Å². The number of aryl methyl sites for hydroxylation is 1. The molecule has 0 atom stereocenters. The number of hydrogen-bond donors (Lipinski definition) is 0. The fourth-order valence-corrected chi connectivity index (χ4v) is 3.40. The minimum absolute atomic E-state index is 0.196. The molecular formula is C23H29FN2O3. The maximum Gasteiger partial charge on any atom is 0.222 e. The van der Waals surface area contributed by atoms with Gasteiger partial charge >= 0.3 is 0 Å². The van der Waals surface area contributed by atoms with Crippen molar-refractivity contribution in [1.82, 2.24) is 9.80 Å². The summed E-state index contributed by atoms with van der Waals surface area (Å²) in [5.41, 5.74) is 1.14. The molecule has 1 saturated heterocycles. The van der Waals surface area contributed by atoms with Crippen molar-refractivity contribution in [2.75, 3.05) is 45.9 Å². The summed E-state index contributed by atoms with van der Waals surface area (Å²) >= 11 is 0. The smallest absolute Gasteiger partial charge is 0.222 e. The molecule has 156 valence electrons. The topological polar surface area (TPSA) is 42.0 Å². The molecule has 0 N–H and O–H groups in total. The number of carbonyl (C=O) groups is 1. The predicted octanol–water partition coefficient (Wildman–Crippen LogP) is 3.38. The average Bonchev–Trinajstić information content (AvgIpc) is 2.75. The van der Waals surface area contributed by atoms with Crippen LogP contribution in [0.2, 0.25) is 0 Å². The number of benzene rings is 2. The minimum atomic E-state index is -0.338. The van der Waals surface area contributed by atoms with Crippen LogP contribution in [0.25, 0.3) is 0 Å². The molecule has 2 aromatic carbocycles. The fraction of sp³-hybridized carbons (Fsp3) is 0.435. The minimum Gasteiger partial charge on any atom is -0.494 e. The van der Waals surface area contributed by atoms with Gasteiger partial charge in [0.05, 0.1) is 6.61 Å². The second kappa shape index (κ2) is 10.8. The Labute approximate surface area is 172 Å². The Hall–Kier alpha value is -2.60. The van der Waals surface area contributed by atoms with E-state index in [0.29, 0.717) is 19.6 Å². The van der Waals surface area contributed by atoms with Crippen LogP contribution in [-0.4, -0.2) is 61.6 Å². The number of carbonyl (C=O) groups excluding carboxylic acids is 1. The molecule has 3 rings (SSSR count). The van der Waals surface area contributed by atoms with Crippen molar-refractivity contribution in [2.45, 2.75) is 19.8 Å². The zero-order valence-corrected chi connectivity index (χ0v) is 17.0. The van der Waals surface area contributed by atoms with Gasteiger partial charge in [0.15, 0.2) is 11.6 Å². The first kappa shape index (κ1) is 21.1. The van der Waals surface area contributed by atoms with E-state index in [-0.39, 0.29) is 17.5 Å². The summed E-state index contributed by atoms with van der Waals surface area (Å²) in [5.74, 6) is 1.00. The van der Waals surface area contributed by atoms with E-state index in [9.17, 15) is 9.18 Å². The number of rotatable bonds is 9. The van der Waals surface area contributed by atoms with E-state index in [1.165, 1.54) is 6.07 Å². The van der Waals surface area contributed by atoms with Crippen molar-refractivity contribution in [3.05, 3.63) is 59.9 Å². The van der Waals surface area contributed by atoms with E-state index in [2.05, 4.69) is 4.90 Å². The average molecular weight is 400 g/mol. The molecule has 0 bridgehead atoms. The van der Waals surface area contributed by atoms with Crippen LogP contribution in [0.3, 0.4) is 0 Å². The Morgan fingerprint density at radius 3 is 2.41 bits per heavy atom. The lowest BCUT2D eigenvalue weighted by atomic mass is 10.1. The summed E-state index contributed by atoms with van der Waals surface area (Å²) in [4.78, 5) is 16.7. The zero-order valence-electron chi connectivity index (χ0n) is 17.0. The molecule has 0 saturated carbocycles. The molecule has 0 spiro atoms. The van der Waals surface area contributed by atoms with Gasteiger partial charge in [-0.1, -0.05) is 24.3 Å². The number of nitrogens with zero attached hydrogens (tertiary/aromatic N) is 2. The summed E-state index contributed by atoms with van der Waals surface area (Å²) in [7, 11) is 0. The van der Waals surface area contributed by atoms with Gasteiger partial charge in [-0.3, -0.25) is 9.69 Å². The van der Waals surface area contributed by atoms with Crippen molar-refractivity contribution in [3.8, 4) is 11.5 Å². The molecule has 1 heterocycles. The molecule has 1 amide bonds. The van der Waals surface area contributed by atoms with E-state index < -0.39 is 0 Å². The third-order valence-corrected chi connectivity index (χ3v) is 5.09. The van der Waals surface area contributed by atoms with Crippen molar-refractivity contribution in [3.63, 3.8) is 0 Å². The normalized spacial score (nSPS) is 14.6. The lowest BCUT2D eigenvalue weighted by Crippen LogP contribution is -2.49. The van der Waals surface area contributed by atoms with E-state index in [0.717, 1.165) is 50.5 Å². The van der Waals surface area contributed by atoms with Gasteiger partial charge in [0.25, 0.3) is 0 Å². The van der Waals surface area contributed by atoms with Gasteiger partial charge in [0.2, 0.25) is 5.91 Å². The van der Waals surface area contributed by atoms with Crippen LogP contribution in [0.1, 0.15) is 18.9 Å². The van der Waals surface area contributed by atoms with Gasteiger partial charge in [-0.2, -0.15) is 0 Å². The first-order valence-corrected chi connectivity index (χ1v) is 10.2. The number of para-hydroxylation sites is 1. The molecule has 0 radical (unpaired) electrons. The number of ether oxygens (including phenoxy) is 2. The fourth-order valence-electron chi connectivity index (χ4n) is 3.40. The molecule has 0 unspecified atom stereocenters. The quantitative estimate of drug-likeness (QED) is 0.647. The zero-order chi connectivity index (χ0) is 20.5. The molecule has 5 nitrogen and oxygen atoms in total. The highest BCUT2D eigenvalue weighted by Gasteiger charge is 2.20. The number of halogens is 1. The number of amides is 1. The van der Waals surface area contributed by atoms with Crippen molar-refractivity contribution in [2.24, 2.45) is 0 Å². The van der Waals surface area contributed by atoms with E-state index in [1.54, 1.807) is 18.2 Å². The molecule has 29 heavy (non-hydrogen) atoms. The van der Waals surface area contributed by atoms with Gasteiger partial charge in [0, 0.05) is 39.1 Å². The Bertz CT molecular complexity index is 774. The Morgan fingerprint density at radius 1 is 1.00 bits per heavy atom. The van der Waals surface area contributed by atoms with Crippen molar-refractivity contribution < 1.29 is 18.7 Å². The van der Waals surface area contributed by atoms with Gasteiger partial charge < -0.3 is 14.4 Å². The number of piperazine rings is 1. The van der Waals surface area contributed by atoms with Crippen LogP contribution in [0.4, 0.5) is 4.39 Å². The highest BCUT2D eigenvalue weighted by atomic mass is 19.1. The van der Waals surface area contributed by atoms with E-state index in [1.807, 2.05) is 36.1 Å². The molecule has 0 aliphatic carbocycles. The van der Waals surface area contributed by atoms with Crippen molar-refractivity contribution in [1.29, 1.82) is 0 Å². The highest BCUT2D eigenvalue weighted by Crippen LogP contribution is 2.16. The maximum absolute atomic E-state index is 13.6. The monoisotopic (exact) mass is 400 g/mol. The van der Waals surface area contributed by atoms with Crippen LogP contribution in [0.15, 0.2) is 48.5 Å². The largest absolute Gasteiger partial charge is 0.494 e. The Kier molecular flexibility index (Phi) is 7.87. The summed E-state index contributed by atoms with van der Waals surface area (Å²) in [5, 5.41) is 0. The van der Waals surface area contributed by atoms with Crippen molar-refractivity contribution >= 4 is 5.91 Å². The first-order valence-electron chi connectivity index (χ1n) is 10.2. The molecule has 1 fully saturated rings. The van der Waals surface area contributed by atoms with Crippen LogP contribution in [-0.2, 0) is 11.2 Å². The second-order valence-corrected chi connectivity index (χ2v) is 7.08. The summed E-state index contributed by atoms with van der Waals surface area (Å²) in [6.07, 6.45) is 1.26. The second-order valence-electron chi connectivity index (χ2n) is 7.08. The standard InChI is InChI=1S/C23H29FN2O3/c1-2-28-20-10-7-19(8-11-20)9-12-23(27)26-15-13-25(14-16-26)17-18-29-22-6-4-3-5-21(22)24/h3-8,10-11H,2,9,12-18H2,1H3.